The third-order valence-corrected chi connectivity index (χ3v) is 4.00. The van der Waals surface area contributed by atoms with Gasteiger partial charge in [-0.2, -0.15) is 0 Å². The minimum absolute atomic E-state index is 0.0453. The maximum atomic E-state index is 12.6. The molecule has 0 aliphatic heterocycles. The molecule has 2 aromatic rings. The van der Waals surface area contributed by atoms with Crippen LogP contribution < -0.4 is 15.8 Å². The van der Waals surface area contributed by atoms with Crippen LogP contribution in [0.15, 0.2) is 36.7 Å². The molecule has 1 saturated carbocycles. The van der Waals surface area contributed by atoms with E-state index in [0.29, 0.717) is 30.4 Å². The molecule has 1 aliphatic rings. The summed E-state index contributed by atoms with van der Waals surface area (Å²) in [6, 6.07) is 7.12. The van der Waals surface area contributed by atoms with Crippen LogP contribution in [-0.4, -0.2) is 28.6 Å². The number of nitrogens with two attached hydrogens (primary N) is 1. The second-order valence-corrected chi connectivity index (χ2v) is 5.85. The predicted octanol–water partition coefficient (Wildman–Crippen LogP) is 1.64. The van der Waals surface area contributed by atoms with Gasteiger partial charge in [0.15, 0.2) is 0 Å². The summed E-state index contributed by atoms with van der Waals surface area (Å²) < 4.78 is 7.44. The Bertz CT molecular complexity index is 679. The van der Waals surface area contributed by atoms with Gasteiger partial charge in [0.05, 0.1) is 6.04 Å². The fourth-order valence-corrected chi connectivity index (χ4v) is 2.63. The molecule has 0 spiro atoms. The number of imidazole rings is 1. The van der Waals surface area contributed by atoms with Crippen molar-refractivity contribution in [1.29, 1.82) is 0 Å². The predicted molar refractivity (Wildman–Crippen MR) is 87.1 cm³/mol. The standard InChI is InChI=1S/C17H22N4O2/c1-21-9-8-19-16(21)15(12-5-6-12)20-17(22)13-3-2-4-14(11-13)23-10-7-18/h2-4,8-9,11-12,15H,5-7,10,18H2,1H3,(H,20,22)/t15-/m1/s1. The van der Waals surface area contributed by atoms with Gasteiger partial charge in [-0.15, -0.1) is 0 Å². The second kappa shape index (κ2) is 6.83. The van der Waals surface area contributed by atoms with Gasteiger partial charge in [-0.3, -0.25) is 4.79 Å². The van der Waals surface area contributed by atoms with Gasteiger partial charge in [0.2, 0.25) is 0 Å². The van der Waals surface area contributed by atoms with Gasteiger partial charge in [0.1, 0.15) is 18.2 Å². The summed E-state index contributed by atoms with van der Waals surface area (Å²) in [7, 11) is 1.95. The first kappa shape index (κ1) is 15.6. The molecule has 0 bridgehead atoms. The number of nitrogens with zero attached hydrogens (tertiary/aromatic N) is 2. The molecule has 0 saturated heterocycles. The lowest BCUT2D eigenvalue weighted by Crippen LogP contribution is -2.31. The zero-order chi connectivity index (χ0) is 16.2. The van der Waals surface area contributed by atoms with Gasteiger partial charge < -0.3 is 20.4 Å². The van der Waals surface area contributed by atoms with Crippen LogP contribution in [0.2, 0.25) is 0 Å². The van der Waals surface area contributed by atoms with Gasteiger partial charge in [-0.05, 0) is 37.0 Å². The molecule has 1 fully saturated rings. The van der Waals surface area contributed by atoms with Gasteiger partial charge in [0, 0.05) is 31.5 Å². The molecule has 1 aliphatic carbocycles. The SMILES string of the molecule is Cn1ccnc1[C@H](NC(=O)c1cccc(OCCN)c1)C1CC1. The van der Waals surface area contributed by atoms with E-state index >= 15 is 0 Å². The van der Waals surface area contributed by atoms with Crippen LogP contribution in [0.5, 0.6) is 5.75 Å². The van der Waals surface area contributed by atoms with E-state index in [0.717, 1.165) is 18.7 Å². The van der Waals surface area contributed by atoms with Crippen LogP contribution in [0.3, 0.4) is 0 Å². The van der Waals surface area contributed by atoms with Crippen molar-refractivity contribution in [3.63, 3.8) is 0 Å². The van der Waals surface area contributed by atoms with Crippen molar-refractivity contribution in [3.8, 4) is 5.75 Å². The Balaban J connectivity index is 1.73. The summed E-state index contributed by atoms with van der Waals surface area (Å²) in [6.45, 7) is 0.877. The molecule has 0 unspecified atom stereocenters. The lowest BCUT2D eigenvalue weighted by Gasteiger charge is -2.18. The molecule has 3 N–H and O–H groups in total. The number of hydrogen-bond acceptors (Lipinski definition) is 4. The normalized spacial score (nSPS) is 15.2. The van der Waals surface area contributed by atoms with E-state index in [4.69, 9.17) is 10.5 Å². The molecule has 1 heterocycles. The topological polar surface area (TPSA) is 82.2 Å². The average Bonchev–Trinajstić information content (AvgIpc) is 3.32. The molecule has 6 nitrogen and oxygen atoms in total. The van der Waals surface area contributed by atoms with E-state index in [1.54, 1.807) is 18.3 Å². The minimum atomic E-state index is -0.108. The van der Waals surface area contributed by atoms with E-state index in [2.05, 4.69) is 10.3 Å². The second-order valence-electron chi connectivity index (χ2n) is 5.85. The monoisotopic (exact) mass is 314 g/mol. The minimum Gasteiger partial charge on any atom is -0.492 e. The third kappa shape index (κ3) is 3.71. The fourth-order valence-electron chi connectivity index (χ4n) is 2.63. The quantitative estimate of drug-likeness (QED) is 0.814. The van der Waals surface area contributed by atoms with Crippen LogP contribution in [-0.2, 0) is 7.05 Å². The van der Waals surface area contributed by atoms with E-state index < -0.39 is 0 Å². The molecule has 1 amide bonds. The largest absolute Gasteiger partial charge is 0.492 e. The molecular formula is C17H22N4O2. The first-order chi connectivity index (χ1) is 11.2. The van der Waals surface area contributed by atoms with E-state index in [-0.39, 0.29) is 11.9 Å². The van der Waals surface area contributed by atoms with Crippen LogP contribution in [0.1, 0.15) is 35.1 Å². The van der Waals surface area contributed by atoms with Gasteiger partial charge in [-0.25, -0.2) is 4.98 Å². The maximum absolute atomic E-state index is 12.6. The van der Waals surface area contributed by atoms with Crippen molar-refractivity contribution in [2.24, 2.45) is 18.7 Å². The zero-order valence-corrected chi connectivity index (χ0v) is 13.2. The Hall–Kier alpha value is -2.34. The maximum Gasteiger partial charge on any atom is 0.252 e. The molecule has 1 aromatic carbocycles. The van der Waals surface area contributed by atoms with Crippen molar-refractivity contribution in [3.05, 3.63) is 48.0 Å². The Labute approximate surface area is 135 Å². The summed E-state index contributed by atoms with van der Waals surface area (Å²) >= 11 is 0. The fraction of sp³-hybridized carbons (Fsp3) is 0.412. The summed E-state index contributed by atoms with van der Waals surface area (Å²) in [4.78, 5) is 17.0. The Kier molecular flexibility index (Phi) is 4.62. The average molecular weight is 314 g/mol. The molecule has 3 rings (SSSR count). The summed E-state index contributed by atoms with van der Waals surface area (Å²) in [5, 5.41) is 3.12. The molecular weight excluding hydrogens is 292 g/mol. The van der Waals surface area contributed by atoms with Crippen molar-refractivity contribution >= 4 is 5.91 Å². The first-order valence-corrected chi connectivity index (χ1v) is 7.90. The number of benzene rings is 1. The Morgan fingerprint density at radius 3 is 3.00 bits per heavy atom. The first-order valence-electron chi connectivity index (χ1n) is 7.90. The molecule has 23 heavy (non-hydrogen) atoms. The number of ether oxygens (including phenoxy) is 1. The number of amides is 1. The van der Waals surface area contributed by atoms with E-state index in [9.17, 15) is 4.79 Å². The van der Waals surface area contributed by atoms with E-state index in [1.165, 1.54) is 0 Å². The number of carbonyl (C=O) groups is 1. The summed E-state index contributed by atoms with van der Waals surface area (Å²) in [6.07, 6.45) is 5.91. The van der Waals surface area contributed by atoms with Crippen molar-refractivity contribution in [2.45, 2.75) is 18.9 Å². The number of aryl methyl sites for hydroxylation is 1. The van der Waals surface area contributed by atoms with Crippen molar-refractivity contribution in [2.75, 3.05) is 13.2 Å². The highest BCUT2D eigenvalue weighted by atomic mass is 16.5. The highest BCUT2D eigenvalue weighted by Gasteiger charge is 2.35. The Morgan fingerprint density at radius 2 is 2.35 bits per heavy atom. The molecule has 122 valence electrons. The van der Waals surface area contributed by atoms with Crippen LogP contribution in [0.4, 0.5) is 0 Å². The molecule has 1 aromatic heterocycles. The van der Waals surface area contributed by atoms with Crippen LogP contribution >= 0.6 is 0 Å². The third-order valence-electron chi connectivity index (χ3n) is 4.00. The van der Waals surface area contributed by atoms with Gasteiger partial charge in [-0.1, -0.05) is 6.07 Å². The molecule has 0 radical (unpaired) electrons. The van der Waals surface area contributed by atoms with Gasteiger partial charge in [0.25, 0.3) is 5.91 Å². The summed E-state index contributed by atoms with van der Waals surface area (Å²) in [5.41, 5.74) is 6.02. The number of aromatic nitrogens is 2. The highest BCUT2D eigenvalue weighted by Crippen LogP contribution is 2.40. The Morgan fingerprint density at radius 1 is 1.52 bits per heavy atom. The lowest BCUT2D eigenvalue weighted by atomic mass is 10.1. The van der Waals surface area contributed by atoms with E-state index in [1.807, 2.05) is 29.9 Å². The van der Waals surface area contributed by atoms with Crippen molar-refractivity contribution < 1.29 is 9.53 Å². The smallest absolute Gasteiger partial charge is 0.252 e. The molecule has 1 atom stereocenters. The number of nitrogens with one attached hydrogen (secondary N) is 1. The summed E-state index contributed by atoms with van der Waals surface area (Å²) in [5.74, 6) is 1.92. The van der Waals surface area contributed by atoms with Crippen LogP contribution in [0.25, 0.3) is 0 Å². The lowest BCUT2D eigenvalue weighted by molar-refractivity contribution is 0.0928. The number of carbonyl (C=O) groups excluding carboxylic acids is 1. The van der Waals surface area contributed by atoms with Crippen LogP contribution in [0, 0.1) is 5.92 Å². The molecule has 6 heteroatoms. The number of hydrogen-bond donors (Lipinski definition) is 2. The highest BCUT2D eigenvalue weighted by molar-refractivity contribution is 5.94. The number of rotatable bonds is 7. The van der Waals surface area contributed by atoms with Gasteiger partial charge >= 0.3 is 0 Å². The zero-order valence-electron chi connectivity index (χ0n) is 13.2. The van der Waals surface area contributed by atoms with Crippen molar-refractivity contribution in [1.82, 2.24) is 14.9 Å².